The molecular formula is C27H42N2. The molecule has 2 nitrogen and oxygen atoms in total. The largest absolute Gasteiger partial charge is 0.302 e. The van der Waals surface area contributed by atoms with Gasteiger partial charge in [-0.2, -0.15) is 0 Å². The molecule has 2 aliphatic rings. The SMILES string of the molecule is CCCCCCCCC#CC(c1ccccc1)N1CCCC1CN1CCCCC1. The molecular weight excluding hydrogens is 352 g/mol. The van der Waals surface area contributed by atoms with E-state index in [0.717, 1.165) is 6.42 Å². The third-order valence-corrected chi connectivity index (χ3v) is 6.68. The Morgan fingerprint density at radius 3 is 2.45 bits per heavy atom. The van der Waals surface area contributed by atoms with Gasteiger partial charge in [-0.1, -0.05) is 81.7 Å². The minimum absolute atomic E-state index is 0.272. The summed E-state index contributed by atoms with van der Waals surface area (Å²) in [5.41, 5.74) is 1.38. The fraction of sp³-hybridized carbons (Fsp3) is 0.704. The summed E-state index contributed by atoms with van der Waals surface area (Å²) < 4.78 is 0. The first-order valence-corrected chi connectivity index (χ1v) is 12.4. The van der Waals surface area contributed by atoms with E-state index >= 15 is 0 Å². The maximum Gasteiger partial charge on any atom is 0.0973 e. The van der Waals surface area contributed by atoms with Gasteiger partial charge in [-0.15, -0.1) is 5.92 Å². The van der Waals surface area contributed by atoms with E-state index < -0.39 is 0 Å². The van der Waals surface area contributed by atoms with Gasteiger partial charge in [-0.05, 0) is 50.8 Å². The Bertz CT molecular complexity index is 608. The van der Waals surface area contributed by atoms with E-state index in [-0.39, 0.29) is 6.04 Å². The first-order chi connectivity index (χ1) is 14.4. The van der Waals surface area contributed by atoms with Crippen LogP contribution >= 0.6 is 0 Å². The third-order valence-electron chi connectivity index (χ3n) is 6.68. The van der Waals surface area contributed by atoms with Crippen LogP contribution in [0.1, 0.15) is 95.6 Å². The molecule has 2 heterocycles. The Hall–Kier alpha value is -1.30. The normalized spacial score (nSPS) is 21.6. The minimum Gasteiger partial charge on any atom is -0.302 e. The van der Waals surface area contributed by atoms with Gasteiger partial charge in [0.1, 0.15) is 0 Å². The third kappa shape index (κ3) is 7.47. The molecule has 2 unspecified atom stereocenters. The van der Waals surface area contributed by atoms with Crippen LogP contribution in [0.5, 0.6) is 0 Å². The Balaban J connectivity index is 1.59. The number of likely N-dealkylation sites (tertiary alicyclic amines) is 2. The van der Waals surface area contributed by atoms with Crippen molar-refractivity contribution in [2.45, 2.75) is 96.1 Å². The highest BCUT2D eigenvalue weighted by Gasteiger charge is 2.32. The van der Waals surface area contributed by atoms with Crippen LogP contribution < -0.4 is 0 Å². The molecule has 0 amide bonds. The van der Waals surface area contributed by atoms with Crippen molar-refractivity contribution in [3.63, 3.8) is 0 Å². The van der Waals surface area contributed by atoms with Gasteiger partial charge in [0.25, 0.3) is 0 Å². The highest BCUT2D eigenvalue weighted by molar-refractivity contribution is 5.28. The molecule has 0 aliphatic carbocycles. The number of piperidine rings is 1. The van der Waals surface area contributed by atoms with Crippen LogP contribution in [0.25, 0.3) is 0 Å². The van der Waals surface area contributed by atoms with Crippen LogP contribution in [0.15, 0.2) is 30.3 Å². The fourth-order valence-corrected chi connectivity index (χ4v) is 4.99. The van der Waals surface area contributed by atoms with Crippen molar-refractivity contribution in [3.8, 4) is 11.8 Å². The maximum atomic E-state index is 3.70. The Kier molecular flexibility index (Phi) is 10.1. The average Bonchev–Trinajstić information content (AvgIpc) is 3.22. The lowest BCUT2D eigenvalue weighted by molar-refractivity contribution is 0.138. The first-order valence-electron chi connectivity index (χ1n) is 12.4. The minimum atomic E-state index is 0.272. The zero-order valence-corrected chi connectivity index (χ0v) is 18.7. The molecule has 2 saturated heterocycles. The smallest absolute Gasteiger partial charge is 0.0973 e. The van der Waals surface area contributed by atoms with Crippen LogP contribution in [-0.2, 0) is 0 Å². The zero-order valence-electron chi connectivity index (χ0n) is 18.7. The number of rotatable bonds is 10. The van der Waals surface area contributed by atoms with E-state index in [9.17, 15) is 0 Å². The lowest BCUT2D eigenvalue weighted by atomic mass is 10.0. The molecule has 29 heavy (non-hydrogen) atoms. The van der Waals surface area contributed by atoms with Gasteiger partial charge >= 0.3 is 0 Å². The second-order valence-corrected chi connectivity index (χ2v) is 9.05. The molecule has 2 fully saturated rings. The first kappa shape index (κ1) is 22.4. The van der Waals surface area contributed by atoms with Crippen LogP contribution in [0.2, 0.25) is 0 Å². The van der Waals surface area contributed by atoms with E-state index in [4.69, 9.17) is 0 Å². The molecule has 0 N–H and O–H groups in total. The molecule has 160 valence electrons. The van der Waals surface area contributed by atoms with E-state index in [0.29, 0.717) is 6.04 Å². The molecule has 2 heteroatoms. The molecule has 2 atom stereocenters. The van der Waals surface area contributed by atoms with Crippen molar-refractivity contribution >= 4 is 0 Å². The van der Waals surface area contributed by atoms with E-state index in [1.54, 1.807) is 0 Å². The van der Waals surface area contributed by atoms with E-state index in [1.807, 2.05) is 0 Å². The molecule has 1 aromatic carbocycles. The van der Waals surface area contributed by atoms with Gasteiger partial charge in [0.05, 0.1) is 6.04 Å². The number of hydrogen-bond acceptors (Lipinski definition) is 2. The van der Waals surface area contributed by atoms with E-state index in [1.165, 1.54) is 102 Å². The van der Waals surface area contributed by atoms with Crippen LogP contribution in [-0.4, -0.2) is 42.0 Å². The van der Waals surface area contributed by atoms with Crippen molar-refractivity contribution in [3.05, 3.63) is 35.9 Å². The Morgan fingerprint density at radius 2 is 1.66 bits per heavy atom. The molecule has 0 saturated carbocycles. The second kappa shape index (κ2) is 13.1. The maximum absolute atomic E-state index is 3.70. The summed E-state index contributed by atoms with van der Waals surface area (Å²) >= 11 is 0. The topological polar surface area (TPSA) is 6.48 Å². The van der Waals surface area contributed by atoms with Gasteiger partial charge in [-0.25, -0.2) is 0 Å². The summed E-state index contributed by atoms with van der Waals surface area (Å²) in [4.78, 5) is 5.43. The van der Waals surface area contributed by atoms with Crippen molar-refractivity contribution in [2.24, 2.45) is 0 Å². The highest BCUT2D eigenvalue weighted by Crippen LogP contribution is 2.30. The highest BCUT2D eigenvalue weighted by atomic mass is 15.3. The molecule has 1 aromatic rings. The molecule has 0 radical (unpaired) electrons. The lowest BCUT2D eigenvalue weighted by Gasteiger charge is -2.35. The quantitative estimate of drug-likeness (QED) is 0.333. The number of hydrogen-bond donors (Lipinski definition) is 0. The van der Waals surface area contributed by atoms with Gasteiger partial charge in [-0.3, -0.25) is 4.90 Å². The summed E-state index contributed by atoms with van der Waals surface area (Å²) in [6.45, 7) is 7.31. The molecule has 0 aromatic heterocycles. The predicted molar refractivity (Wildman–Crippen MR) is 125 cm³/mol. The van der Waals surface area contributed by atoms with Crippen molar-refractivity contribution in [1.29, 1.82) is 0 Å². The summed E-state index contributed by atoms with van der Waals surface area (Å²) in [6, 6.07) is 12.0. The molecule has 2 aliphatic heterocycles. The molecule has 3 rings (SSSR count). The zero-order chi connectivity index (χ0) is 20.2. The number of benzene rings is 1. The molecule has 0 spiro atoms. The van der Waals surface area contributed by atoms with Crippen LogP contribution in [0.3, 0.4) is 0 Å². The van der Waals surface area contributed by atoms with Crippen LogP contribution in [0, 0.1) is 11.8 Å². The van der Waals surface area contributed by atoms with Crippen molar-refractivity contribution in [1.82, 2.24) is 9.80 Å². The summed E-state index contributed by atoms with van der Waals surface area (Å²) in [5, 5.41) is 0. The predicted octanol–water partition coefficient (Wildman–Crippen LogP) is 6.43. The fourth-order valence-electron chi connectivity index (χ4n) is 4.99. The number of nitrogens with zero attached hydrogens (tertiary/aromatic N) is 2. The van der Waals surface area contributed by atoms with Gasteiger partial charge in [0.2, 0.25) is 0 Å². The standard InChI is InChI=1S/C27H42N2/c1-2-3-4-5-6-7-8-13-20-27(25-17-11-9-12-18-25)29-23-16-19-26(29)24-28-21-14-10-15-22-28/h9,11-12,17-18,26-27H,2-8,10,14-16,19,21-24H2,1H3. The van der Waals surface area contributed by atoms with E-state index in [2.05, 4.69) is 58.9 Å². The summed E-state index contributed by atoms with van der Waals surface area (Å²) in [7, 11) is 0. The second-order valence-electron chi connectivity index (χ2n) is 9.05. The Labute approximate surface area is 180 Å². The lowest BCUT2D eigenvalue weighted by Crippen LogP contribution is -2.43. The average molecular weight is 395 g/mol. The van der Waals surface area contributed by atoms with Crippen LogP contribution in [0.4, 0.5) is 0 Å². The molecule has 0 bridgehead atoms. The van der Waals surface area contributed by atoms with Crippen molar-refractivity contribution in [2.75, 3.05) is 26.2 Å². The van der Waals surface area contributed by atoms with Gasteiger partial charge in [0.15, 0.2) is 0 Å². The van der Waals surface area contributed by atoms with Gasteiger partial charge in [0, 0.05) is 25.6 Å². The monoisotopic (exact) mass is 394 g/mol. The number of unbranched alkanes of at least 4 members (excludes halogenated alkanes) is 6. The van der Waals surface area contributed by atoms with Gasteiger partial charge < -0.3 is 4.90 Å². The Morgan fingerprint density at radius 1 is 0.897 bits per heavy atom. The van der Waals surface area contributed by atoms with Crippen molar-refractivity contribution < 1.29 is 0 Å². The summed E-state index contributed by atoms with van der Waals surface area (Å²) in [5.74, 6) is 7.28. The summed E-state index contributed by atoms with van der Waals surface area (Å²) in [6.07, 6.45) is 16.0.